The van der Waals surface area contributed by atoms with E-state index in [1.165, 1.54) is 30.5 Å². The minimum absolute atomic E-state index is 0.0402. The van der Waals surface area contributed by atoms with Crippen LogP contribution in [0.2, 0.25) is 0 Å². The van der Waals surface area contributed by atoms with Crippen molar-refractivity contribution in [3.8, 4) is 0 Å². The maximum absolute atomic E-state index is 14.5. The Morgan fingerprint density at radius 2 is 1.36 bits per heavy atom. The molecule has 2 aromatic carbocycles. The number of halogens is 3. The van der Waals surface area contributed by atoms with Crippen LogP contribution in [0.5, 0.6) is 0 Å². The van der Waals surface area contributed by atoms with Gasteiger partial charge in [0.2, 0.25) is 0 Å². The maximum Gasteiger partial charge on any atom is 0.166 e. The van der Waals surface area contributed by atoms with E-state index in [4.69, 9.17) is 0 Å². The molecule has 1 fully saturated rings. The van der Waals surface area contributed by atoms with Crippen LogP contribution in [0.1, 0.15) is 68.1 Å². The van der Waals surface area contributed by atoms with Gasteiger partial charge in [-0.3, -0.25) is 0 Å². The second kappa shape index (κ2) is 9.77. The molecule has 0 spiro atoms. The SMILES string of the molecule is CCC=CCC1CCC(c2ccc(C(F)=C(F)c3ccc(F)cc3)cc2)CC1. The number of hydrogen-bond acceptors (Lipinski definition) is 0. The first-order valence-electron chi connectivity index (χ1n) is 10.1. The Bertz CT molecular complexity index is 808. The Balaban J connectivity index is 1.64. The Morgan fingerprint density at radius 3 is 1.89 bits per heavy atom. The molecule has 0 nitrogen and oxygen atoms in total. The van der Waals surface area contributed by atoms with Crippen molar-refractivity contribution < 1.29 is 13.2 Å². The fourth-order valence-corrected chi connectivity index (χ4v) is 3.94. The van der Waals surface area contributed by atoms with Crippen molar-refractivity contribution in [2.24, 2.45) is 5.92 Å². The van der Waals surface area contributed by atoms with Crippen LogP contribution in [0.3, 0.4) is 0 Å². The first-order chi connectivity index (χ1) is 13.6. The third-order valence-corrected chi connectivity index (χ3v) is 5.64. The monoisotopic (exact) mass is 384 g/mol. The van der Waals surface area contributed by atoms with Gasteiger partial charge in [0.25, 0.3) is 0 Å². The molecule has 1 aliphatic carbocycles. The van der Waals surface area contributed by atoms with E-state index in [2.05, 4.69) is 19.1 Å². The lowest BCUT2D eigenvalue weighted by atomic mass is 9.77. The molecule has 1 aliphatic rings. The van der Waals surface area contributed by atoms with Crippen molar-refractivity contribution >= 4 is 11.7 Å². The summed E-state index contributed by atoms with van der Waals surface area (Å²) >= 11 is 0. The van der Waals surface area contributed by atoms with Crippen LogP contribution in [-0.2, 0) is 0 Å². The molecule has 2 aromatic rings. The van der Waals surface area contributed by atoms with Crippen LogP contribution in [0.25, 0.3) is 11.7 Å². The molecule has 0 saturated heterocycles. The van der Waals surface area contributed by atoms with Gasteiger partial charge in [0.15, 0.2) is 11.7 Å². The quantitative estimate of drug-likeness (QED) is 0.348. The molecule has 28 heavy (non-hydrogen) atoms. The molecular formula is C25H27F3. The lowest BCUT2D eigenvalue weighted by molar-refractivity contribution is 0.328. The predicted octanol–water partition coefficient (Wildman–Crippen LogP) is 8.22. The predicted molar refractivity (Wildman–Crippen MR) is 111 cm³/mol. The Morgan fingerprint density at radius 1 is 0.821 bits per heavy atom. The van der Waals surface area contributed by atoms with E-state index in [0.717, 1.165) is 43.7 Å². The lowest BCUT2D eigenvalue weighted by Gasteiger charge is -2.28. The topological polar surface area (TPSA) is 0 Å². The van der Waals surface area contributed by atoms with E-state index < -0.39 is 17.5 Å². The molecule has 148 valence electrons. The van der Waals surface area contributed by atoms with E-state index in [9.17, 15) is 13.2 Å². The van der Waals surface area contributed by atoms with Gasteiger partial charge in [-0.2, -0.15) is 0 Å². The third-order valence-electron chi connectivity index (χ3n) is 5.64. The molecule has 0 radical (unpaired) electrons. The highest BCUT2D eigenvalue weighted by Crippen LogP contribution is 2.38. The number of hydrogen-bond donors (Lipinski definition) is 0. The highest BCUT2D eigenvalue weighted by atomic mass is 19.2. The molecule has 0 atom stereocenters. The molecule has 3 heteroatoms. The van der Waals surface area contributed by atoms with Crippen molar-refractivity contribution in [1.29, 1.82) is 0 Å². The maximum atomic E-state index is 14.5. The number of rotatable bonds is 6. The van der Waals surface area contributed by atoms with E-state index in [0.29, 0.717) is 5.92 Å². The zero-order valence-corrected chi connectivity index (χ0v) is 16.3. The summed E-state index contributed by atoms with van der Waals surface area (Å²) in [5, 5.41) is 0. The number of allylic oxidation sites excluding steroid dienone is 2. The molecule has 0 amide bonds. The Labute approximate surface area is 165 Å². The first-order valence-corrected chi connectivity index (χ1v) is 10.1. The van der Waals surface area contributed by atoms with Gasteiger partial charge in [-0.1, -0.05) is 43.3 Å². The minimum Gasteiger partial charge on any atom is -0.207 e. The summed E-state index contributed by atoms with van der Waals surface area (Å²) in [5.74, 6) is -1.09. The van der Waals surface area contributed by atoms with Crippen molar-refractivity contribution in [3.63, 3.8) is 0 Å². The molecule has 0 bridgehead atoms. The third kappa shape index (κ3) is 5.15. The fraction of sp³-hybridized carbons (Fsp3) is 0.360. The van der Waals surface area contributed by atoms with Crippen molar-refractivity contribution in [2.75, 3.05) is 0 Å². The van der Waals surface area contributed by atoms with Crippen molar-refractivity contribution in [2.45, 2.75) is 51.4 Å². The molecule has 1 saturated carbocycles. The average Bonchev–Trinajstić information content (AvgIpc) is 2.74. The van der Waals surface area contributed by atoms with E-state index >= 15 is 0 Å². The average molecular weight is 384 g/mol. The second-order valence-electron chi connectivity index (χ2n) is 7.59. The largest absolute Gasteiger partial charge is 0.207 e. The lowest BCUT2D eigenvalue weighted by Crippen LogP contribution is -2.12. The van der Waals surface area contributed by atoms with Crippen LogP contribution in [0, 0.1) is 11.7 Å². The Hall–Kier alpha value is -2.29. The van der Waals surface area contributed by atoms with Crippen molar-refractivity contribution in [3.05, 3.63) is 83.2 Å². The standard InChI is InChI=1S/C25H27F3/c1-2-3-4-5-18-6-8-19(9-7-18)20-10-12-21(13-11-20)24(27)25(28)22-14-16-23(26)17-15-22/h3-4,10-19H,2,5-9H2,1H3. The van der Waals surface area contributed by atoms with E-state index in [1.54, 1.807) is 12.1 Å². The second-order valence-corrected chi connectivity index (χ2v) is 7.59. The summed E-state index contributed by atoms with van der Waals surface area (Å²) in [7, 11) is 0. The first kappa shape index (κ1) is 20.4. The van der Waals surface area contributed by atoms with Gasteiger partial charge < -0.3 is 0 Å². The zero-order chi connectivity index (χ0) is 19.9. The summed E-state index contributed by atoms with van der Waals surface area (Å²) in [6.07, 6.45) is 11.5. The zero-order valence-electron chi connectivity index (χ0n) is 16.3. The summed E-state index contributed by atoms with van der Waals surface area (Å²) < 4.78 is 41.8. The van der Waals surface area contributed by atoms with Crippen LogP contribution in [0.15, 0.2) is 60.7 Å². The van der Waals surface area contributed by atoms with Crippen LogP contribution >= 0.6 is 0 Å². The minimum atomic E-state index is -0.964. The molecule has 3 rings (SSSR count). The smallest absolute Gasteiger partial charge is 0.166 e. The van der Waals surface area contributed by atoms with Gasteiger partial charge in [0.1, 0.15) is 5.82 Å². The van der Waals surface area contributed by atoms with Crippen LogP contribution in [0.4, 0.5) is 13.2 Å². The molecule has 0 heterocycles. The highest BCUT2D eigenvalue weighted by Gasteiger charge is 2.22. The van der Waals surface area contributed by atoms with Gasteiger partial charge in [-0.25, -0.2) is 13.2 Å². The van der Waals surface area contributed by atoms with Gasteiger partial charge in [-0.15, -0.1) is 0 Å². The van der Waals surface area contributed by atoms with Crippen LogP contribution in [-0.4, -0.2) is 0 Å². The summed E-state index contributed by atoms with van der Waals surface area (Å²) in [6.45, 7) is 2.15. The summed E-state index contributed by atoms with van der Waals surface area (Å²) in [5.41, 5.74) is 1.45. The molecule has 0 N–H and O–H groups in total. The summed E-state index contributed by atoms with van der Waals surface area (Å²) in [6, 6.07) is 11.8. The van der Waals surface area contributed by atoms with Gasteiger partial charge in [0.05, 0.1) is 0 Å². The van der Waals surface area contributed by atoms with Crippen molar-refractivity contribution in [1.82, 2.24) is 0 Å². The van der Waals surface area contributed by atoms with E-state index in [1.807, 2.05) is 12.1 Å². The number of benzene rings is 2. The van der Waals surface area contributed by atoms with Gasteiger partial charge in [-0.05, 0) is 80.2 Å². The Kier molecular flexibility index (Phi) is 7.13. The molecule has 0 aliphatic heterocycles. The van der Waals surface area contributed by atoms with Gasteiger partial charge >= 0.3 is 0 Å². The molecular weight excluding hydrogens is 357 g/mol. The molecule has 0 unspecified atom stereocenters. The van der Waals surface area contributed by atoms with E-state index in [-0.39, 0.29) is 11.1 Å². The summed E-state index contributed by atoms with van der Waals surface area (Å²) in [4.78, 5) is 0. The fourth-order valence-electron chi connectivity index (χ4n) is 3.94. The van der Waals surface area contributed by atoms with Gasteiger partial charge in [0, 0.05) is 11.1 Å². The normalized spacial score (nSPS) is 21.0. The highest BCUT2D eigenvalue weighted by molar-refractivity contribution is 5.83. The van der Waals surface area contributed by atoms with Crippen LogP contribution < -0.4 is 0 Å². The molecule has 0 aromatic heterocycles.